The topological polar surface area (TPSA) is 54.0 Å². The van der Waals surface area contributed by atoms with Crippen LogP contribution in [0.15, 0.2) is 60.0 Å². The van der Waals surface area contributed by atoms with Crippen molar-refractivity contribution in [3.8, 4) is 0 Å². The molecule has 3 aromatic rings. The van der Waals surface area contributed by atoms with Crippen molar-refractivity contribution in [2.75, 3.05) is 10.6 Å². The van der Waals surface area contributed by atoms with Crippen LogP contribution in [0, 0.1) is 0 Å². The number of carbonyl (C=O) groups excluding carboxylic acids is 1. The van der Waals surface area contributed by atoms with E-state index in [1.54, 1.807) is 17.5 Å². The highest BCUT2D eigenvalue weighted by Crippen LogP contribution is 2.23. The average molecular weight is 330 g/mol. The minimum atomic E-state index is -0.235. The fraction of sp³-hybridized carbons (Fsp3) is 0. The maximum Gasteiger partial charge on any atom is 0.275 e. The number of nitrogens with one attached hydrogen (secondary N) is 2. The van der Waals surface area contributed by atoms with Gasteiger partial charge >= 0.3 is 0 Å². The quantitative estimate of drug-likeness (QED) is 0.723. The summed E-state index contributed by atoms with van der Waals surface area (Å²) in [6, 6.07) is 16.6. The van der Waals surface area contributed by atoms with E-state index in [1.165, 1.54) is 11.3 Å². The van der Waals surface area contributed by atoms with Crippen molar-refractivity contribution in [2.45, 2.75) is 0 Å². The zero-order valence-electron chi connectivity index (χ0n) is 11.4. The zero-order chi connectivity index (χ0) is 15.4. The van der Waals surface area contributed by atoms with E-state index >= 15 is 0 Å². The van der Waals surface area contributed by atoms with Crippen molar-refractivity contribution < 1.29 is 4.79 Å². The normalized spacial score (nSPS) is 10.2. The molecule has 2 N–H and O–H groups in total. The van der Waals surface area contributed by atoms with Gasteiger partial charge in [0.1, 0.15) is 5.69 Å². The van der Waals surface area contributed by atoms with Crippen molar-refractivity contribution >= 4 is 45.4 Å². The van der Waals surface area contributed by atoms with Crippen LogP contribution in [0.5, 0.6) is 0 Å². The lowest BCUT2D eigenvalue weighted by Gasteiger charge is -2.03. The van der Waals surface area contributed by atoms with Crippen LogP contribution in [0.2, 0.25) is 5.02 Å². The molecule has 4 nitrogen and oxygen atoms in total. The maximum absolute atomic E-state index is 12.1. The second kappa shape index (κ2) is 6.60. The Labute approximate surface area is 136 Å². The molecular weight excluding hydrogens is 318 g/mol. The number of carbonyl (C=O) groups is 1. The Balaban J connectivity index is 1.69. The number of amides is 1. The van der Waals surface area contributed by atoms with Crippen LogP contribution in [-0.4, -0.2) is 10.9 Å². The summed E-state index contributed by atoms with van der Waals surface area (Å²) in [7, 11) is 0. The molecule has 0 unspecified atom stereocenters. The van der Waals surface area contributed by atoms with Crippen LogP contribution in [0.1, 0.15) is 10.5 Å². The third-order valence-electron chi connectivity index (χ3n) is 2.84. The Bertz CT molecular complexity index is 789. The van der Waals surface area contributed by atoms with E-state index < -0.39 is 0 Å². The predicted octanol–water partition coefficient (Wildman–Crippen LogP) is 4.79. The number of halogens is 1. The summed E-state index contributed by atoms with van der Waals surface area (Å²) >= 11 is 7.30. The molecule has 110 valence electrons. The molecule has 0 saturated heterocycles. The summed E-state index contributed by atoms with van der Waals surface area (Å²) in [4.78, 5) is 16.4. The zero-order valence-corrected chi connectivity index (χ0v) is 13.0. The maximum atomic E-state index is 12.1. The van der Waals surface area contributed by atoms with Crippen LogP contribution in [-0.2, 0) is 0 Å². The van der Waals surface area contributed by atoms with E-state index in [2.05, 4.69) is 15.6 Å². The van der Waals surface area contributed by atoms with Gasteiger partial charge in [0.05, 0.1) is 0 Å². The number of rotatable bonds is 4. The monoisotopic (exact) mass is 329 g/mol. The summed E-state index contributed by atoms with van der Waals surface area (Å²) in [5.74, 6) is -0.235. The molecule has 0 saturated carbocycles. The second-order valence-corrected chi connectivity index (χ2v) is 5.79. The molecule has 6 heteroatoms. The molecule has 22 heavy (non-hydrogen) atoms. The van der Waals surface area contributed by atoms with E-state index in [-0.39, 0.29) is 5.91 Å². The highest BCUT2D eigenvalue weighted by Gasteiger charge is 2.11. The van der Waals surface area contributed by atoms with Gasteiger partial charge < -0.3 is 10.6 Å². The van der Waals surface area contributed by atoms with Gasteiger partial charge in [-0.15, -0.1) is 11.3 Å². The van der Waals surface area contributed by atoms with E-state index in [9.17, 15) is 4.79 Å². The lowest BCUT2D eigenvalue weighted by molar-refractivity contribution is 0.102. The minimum absolute atomic E-state index is 0.235. The average Bonchev–Trinajstić information content (AvgIpc) is 2.97. The summed E-state index contributed by atoms with van der Waals surface area (Å²) in [5, 5.41) is 8.92. The van der Waals surface area contributed by atoms with Crippen LogP contribution in [0.25, 0.3) is 0 Å². The predicted molar refractivity (Wildman–Crippen MR) is 91.2 cm³/mol. The Morgan fingerprint density at radius 3 is 2.59 bits per heavy atom. The molecule has 0 fully saturated rings. The van der Waals surface area contributed by atoms with E-state index in [4.69, 9.17) is 11.6 Å². The third kappa shape index (κ3) is 3.63. The van der Waals surface area contributed by atoms with Crippen molar-refractivity contribution in [2.24, 2.45) is 0 Å². The van der Waals surface area contributed by atoms with E-state index in [1.807, 2.05) is 42.5 Å². The molecule has 0 aliphatic carbocycles. The molecule has 1 aromatic heterocycles. The summed E-state index contributed by atoms with van der Waals surface area (Å²) in [5.41, 5.74) is 1.94. The van der Waals surface area contributed by atoms with Crippen molar-refractivity contribution in [1.82, 2.24) is 4.98 Å². The van der Waals surface area contributed by atoms with Crippen LogP contribution >= 0.6 is 22.9 Å². The first-order chi connectivity index (χ1) is 10.7. The van der Waals surface area contributed by atoms with E-state index in [0.717, 1.165) is 11.4 Å². The van der Waals surface area contributed by atoms with Crippen LogP contribution in [0.4, 0.5) is 16.5 Å². The Kier molecular flexibility index (Phi) is 4.37. The van der Waals surface area contributed by atoms with Gasteiger partial charge in [-0.05, 0) is 30.3 Å². The largest absolute Gasteiger partial charge is 0.331 e. The Morgan fingerprint density at radius 2 is 1.82 bits per heavy atom. The van der Waals surface area contributed by atoms with Gasteiger partial charge in [-0.1, -0.05) is 35.9 Å². The number of aromatic nitrogens is 1. The number of thiazole rings is 1. The van der Waals surface area contributed by atoms with Gasteiger partial charge in [-0.25, -0.2) is 4.98 Å². The molecule has 3 rings (SSSR count). The summed E-state index contributed by atoms with van der Waals surface area (Å²) in [6.07, 6.45) is 0. The molecular formula is C16H12ClN3OS. The fourth-order valence-corrected chi connectivity index (χ4v) is 2.74. The number of benzene rings is 2. The molecule has 0 aliphatic heterocycles. The summed E-state index contributed by atoms with van der Waals surface area (Å²) < 4.78 is 0. The lowest BCUT2D eigenvalue weighted by Crippen LogP contribution is -2.12. The molecule has 0 spiro atoms. The van der Waals surface area contributed by atoms with Crippen LogP contribution in [0.3, 0.4) is 0 Å². The highest BCUT2D eigenvalue weighted by atomic mass is 35.5. The van der Waals surface area contributed by atoms with Crippen molar-refractivity contribution in [3.63, 3.8) is 0 Å². The van der Waals surface area contributed by atoms with Crippen molar-refractivity contribution in [3.05, 3.63) is 70.7 Å². The molecule has 1 amide bonds. The van der Waals surface area contributed by atoms with Gasteiger partial charge in [0, 0.05) is 21.8 Å². The third-order valence-corrected chi connectivity index (χ3v) is 3.84. The summed E-state index contributed by atoms with van der Waals surface area (Å²) in [6.45, 7) is 0. The lowest BCUT2D eigenvalue weighted by atomic mass is 10.3. The SMILES string of the molecule is O=C(Nc1ccccc1)c1csc(Nc2cccc(Cl)c2)n1. The van der Waals surface area contributed by atoms with E-state index in [0.29, 0.717) is 15.8 Å². The molecule has 0 aliphatic rings. The number of nitrogens with zero attached hydrogens (tertiary/aromatic N) is 1. The number of hydrogen-bond acceptors (Lipinski definition) is 4. The molecule has 1 heterocycles. The number of para-hydroxylation sites is 1. The molecule has 0 bridgehead atoms. The fourth-order valence-electron chi connectivity index (χ4n) is 1.84. The van der Waals surface area contributed by atoms with Gasteiger partial charge in [0.15, 0.2) is 5.13 Å². The van der Waals surface area contributed by atoms with Gasteiger partial charge in [0.2, 0.25) is 0 Å². The first-order valence-corrected chi connectivity index (χ1v) is 7.81. The minimum Gasteiger partial charge on any atom is -0.331 e. The number of hydrogen-bond donors (Lipinski definition) is 2. The number of anilines is 3. The highest BCUT2D eigenvalue weighted by molar-refractivity contribution is 7.14. The standard InChI is InChI=1S/C16H12ClN3OS/c17-11-5-4-8-13(9-11)19-16-20-14(10-22-16)15(21)18-12-6-2-1-3-7-12/h1-10H,(H,18,21)(H,19,20). The first-order valence-electron chi connectivity index (χ1n) is 6.55. The molecule has 0 radical (unpaired) electrons. The Hall–Kier alpha value is -2.37. The van der Waals surface area contributed by atoms with Gasteiger partial charge in [-0.3, -0.25) is 4.79 Å². The molecule has 0 atom stereocenters. The van der Waals surface area contributed by atoms with Crippen LogP contribution < -0.4 is 10.6 Å². The van der Waals surface area contributed by atoms with Gasteiger partial charge in [0.25, 0.3) is 5.91 Å². The molecule has 2 aromatic carbocycles. The first kappa shape index (κ1) is 14.6. The van der Waals surface area contributed by atoms with Crippen molar-refractivity contribution in [1.29, 1.82) is 0 Å². The Morgan fingerprint density at radius 1 is 1.05 bits per heavy atom. The second-order valence-electron chi connectivity index (χ2n) is 4.49. The smallest absolute Gasteiger partial charge is 0.275 e. The van der Waals surface area contributed by atoms with Gasteiger partial charge in [-0.2, -0.15) is 0 Å².